The Morgan fingerprint density at radius 1 is 0.964 bits per heavy atom. The minimum absolute atomic E-state index is 0.0475. The Kier molecular flexibility index (Phi) is 4.05. The minimum Gasteiger partial charge on any atom is -0.464 e. The van der Waals surface area contributed by atoms with Gasteiger partial charge in [-0.15, -0.1) is 0 Å². The van der Waals surface area contributed by atoms with Gasteiger partial charge in [-0.2, -0.15) is 5.10 Å². The second-order valence-electron chi connectivity index (χ2n) is 6.84. The number of hydrogen-bond donors (Lipinski definition) is 0. The molecule has 0 spiro atoms. The molecule has 6 heteroatoms. The van der Waals surface area contributed by atoms with Crippen LogP contribution in [-0.2, 0) is 0 Å². The average molecular weight is 397 g/mol. The summed E-state index contributed by atoms with van der Waals surface area (Å²) in [5.41, 5.74) is 3.41. The number of para-hydroxylation sites is 1. The molecule has 0 aromatic heterocycles. The molecule has 0 saturated carbocycles. The normalized spacial score (nSPS) is 20.2. The molecule has 3 aromatic carbocycles. The molecule has 0 fully saturated rings. The van der Waals surface area contributed by atoms with Crippen molar-refractivity contribution in [3.05, 3.63) is 100 Å². The first-order valence-corrected chi connectivity index (χ1v) is 9.30. The van der Waals surface area contributed by atoms with E-state index < -0.39 is 17.9 Å². The number of hydrogen-bond acceptors (Lipinski definition) is 3. The van der Waals surface area contributed by atoms with Gasteiger partial charge in [0, 0.05) is 22.6 Å². The number of fused-ring (bicyclic) bond motifs is 3. The Bertz CT molecular complexity index is 1080. The van der Waals surface area contributed by atoms with Crippen molar-refractivity contribution in [1.29, 1.82) is 0 Å². The molecule has 3 nitrogen and oxygen atoms in total. The number of rotatable bonds is 2. The Morgan fingerprint density at radius 2 is 1.75 bits per heavy atom. The third-order valence-corrected chi connectivity index (χ3v) is 5.36. The molecule has 28 heavy (non-hydrogen) atoms. The molecule has 0 unspecified atom stereocenters. The van der Waals surface area contributed by atoms with E-state index in [1.54, 1.807) is 0 Å². The molecule has 2 atom stereocenters. The van der Waals surface area contributed by atoms with E-state index in [4.69, 9.17) is 21.4 Å². The van der Waals surface area contributed by atoms with Gasteiger partial charge < -0.3 is 4.74 Å². The predicted octanol–water partition coefficient (Wildman–Crippen LogP) is 5.86. The van der Waals surface area contributed by atoms with Crippen molar-refractivity contribution in [3.8, 4) is 5.75 Å². The molecule has 2 heterocycles. The molecule has 0 aliphatic carbocycles. The molecule has 3 aromatic rings. The molecular weight excluding hydrogens is 382 g/mol. The van der Waals surface area contributed by atoms with Crippen molar-refractivity contribution in [3.63, 3.8) is 0 Å². The van der Waals surface area contributed by atoms with E-state index in [1.165, 1.54) is 12.1 Å². The molecule has 0 amide bonds. The van der Waals surface area contributed by atoms with Crippen LogP contribution in [0.4, 0.5) is 8.78 Å². The third-order valence-electron chi connectivity index (χ3n) is 5.11. The van der Waals surface area contributed by atoms with Crippen LogP contribution < -0.4 is 4.74 Å². The van der Waals surface area contributed by atoms with Crippen molar-refractivity contribution in [2.75, 3.05) is 0 Å². The highest BCUT2D eigenvalue weighted by molar-refractivity contribution is 6.30. The van der Waals surface area contributed by atoms with Crippen LogP contribution in [0.3, 0.4) is 0 Å². The van der Waals surface area contributed by atoms with E-state index >= 15 is 0 Å². The Balaban J connectivity index is 1.59. The topological polar surface area (TPSA) is 24.8 Å². The van der Waals surface area contributed by atoms with Crippen molar-refractivity contribution in [1.82, 2.24) is 5.01 Å². The SMILES string of the molecule is Fc1ccc([C@@H]2Oc3ccccc3[C@@H]3CC(c4ccc(Cl)cc4)=NN32)cc1F. The number of halogens is 3. The monoisotopic (exact) mass is 396 g/mol. The Labute approximate surface area is 165 Å². The lowest BCUT2D eigenvalue weighted by Crippen LogP contribution is -2.33. The fourth-order valence-corrected chi connectivity index (χ4v) is 3.86. The second kappa shape index (κ2) is 6.60. The lowest BCUT2D eigenvalue weighted by Gasteiger charge is -2.38. The Morgan fingerprint density at radius 3 is 2.54 bits per heavy atom. The van der Waals surface area contributed by atoms with E-state index in [0.717, 1.165) is 28.7 Å². The third kappa shape index (κ3) is 2.83. The summed E-state index contributed by atoms with van der Waals surface area (Å²) in [4.78, 5) is 0. The van der Waals surface area contributed by atoms with Gasteiger partial charge in [0.05, 0.1) is 11.8 Å². The number of hydrazone groups is 1. The summed E-state index contributed by atoms with van der Waals surface area (Å²) in [6.45, 7) is 0. The molecule has 0 N–H and O–H groups in total. The smallest absolute Gasteiger partial charge is 0.213 e. The summed E-state index contributed by atoms with van der Waals surface area (Å²) < 4.78 is 33.4. The summed E-state index contributed by atoms with van der Waals surface area (Å²) in [6, 6.07) is 19.0. The highest BCUT2D eigenvalue weighted by Crippen LogP contribution is 2.47. The first-order valence-electron chi connectivity index (χ1n) is 8.92. The maximum absolute atomic E-state index is 13.9. The highest BCUT2D eigenvalue weighted by Gasteiger charge is 2.41. The van der Waals surface area contributed by atoms with Gasteiger partial charge in [0.15, 0.2) is 11.6 Å². The van der Waals surface area contributed by atoms with Gasteiger partial charge in [-0.25, -0.2) is 13.8 Å². The van der Waals surface area contributed by atoms with E-state index in [1.807, 2.05) is 53.5 Å². The fraction of sp³-hybridized carbons (Fsp3) is 0.136. The number of nitrogens with zero attached hydrogens (tertiary/aromatic N) is 2. The molecule has 2 aliphatic rings. The molecule has 0 saturated heterocycles. The number of benzene rings is 3. The van der Waals surface area contributed by atoms with E-state index in [9.17, 15) is 8.78 Å². The van der Waals surface area contributed by atoms with Crippen LogP contribution in [0.1, 0.15) is 35.4 Å². The lowest BCUT2D eigenvalue weighted by molar-refractivity contribution is -0.0192. The minimum atomic E-state index is -0.905. The fourth-order valence-electron chi connectivity index (χ4n) is 3.74. The van der Waals surface area contributed by atoms with Crippen LogP contribution in [-0.4, -0.2) is 10.7 Å². The van der Waals surface area contributed by atoms with E-state index in [2.05, 4.69) is 0 Å². The van der Waals surface area contributed by atoms with Crippen LogP contribution >= 0.6 is 11.6 Å². The summed E-state index contributed by atoms with van der Waals surface area (Å²) in [5.74, 6) is -1.06. The quantitative estimate of drug-likeness (QED) is 0.542. The predicted molar refractivity (Wildman–Crippen MR) is 103 cm³/mol. The lowest BCUT2D eigenvalue weighted by atomic mass is 9.96. The van der Waals surface area contributed by atoms with Crippen LogP contribution in [0.15, 0.2) is 71.8 Å². The molecule has 5 rings (SSSR count). The standard InChI is InChI=1S/C22H15ClF2N2O/c23-15-8-5-13(6-9-15)19-12-20-16-3-1-2-4-21(16)28-22(27(20)26-19)14-7-10-17(24)18(25)11-14/h1-11,20,22H,12H2/t20-,22-/m0/s1. The summed E-state index contributed by atoms with van der Waals surface area (Å²) in [5, 5.41) is 7.28. The second-order valence-corrected chi connectivity index (χ2v) is 7.27. The maximum Gasteiger partial charge on any atom is 0.213 e. The first kappa shape index (κ1) is 17.2. The Hall–Kier alpha value is -2.92. The van der Waals surface area contributed by atoms with Gasteiger partial charge in [0.1, 0.15) is 5.75 Å². The number of ether oxygens (including phenoxy) is 1. The van der Waals surface area contributed by atoms with E-state index in [0.29, 0.717) is 17.0 Å². The highest BCUT2D eigenvalue weighted by atomic mass is 35.5. The van der Waals surface area contributed by atoms with Gasteiger partial charge in [-0.3, -0.25) is 0 Å². The summed E-state index contributed by atoms with van der Waals surface area (Å²) in [7, 11) is 0. The largest absolute Gasteiger partial charge is 0.464 e. The van der Waals surface area contributed by atoms with Crippen LogP contribution in [0.2, 0.25) is 5.02 Å². The van der Waals surface area contributed by atoms with Gasteiger partial charge >= 0.3 is 0 Å². The van der Waals surface area contributed by atoms with Gasteiger partial charge in [-0.05, 0) is 35.9 Å². The van der Waals surface area contributed by atoms with Crippen molar-refractivity contribution >= 4 is 17.3 Å². The molecule has 0 bridgehead atoms. The summed E-state index contributed by atoms with van der Waals surface area (Å²) >= 11 is 6.00. The van der Waals surface area contributed by atoms with Crippen LogP contribution in [0.25, 0.3) is 0 Å². The van der Waals surface area contributed by atoms with Crippen molar-refractivity contribution < 1.29 is 13.5 Å². The van der Waals surface area contributed by atoms with Crippen molar-refractivity contribution in [2.45, 2.75) is 18.7 Å². The average Bonchev–Trinajstić information content (AvgIpc) is 3.16. The first-order chi connectivity index (χ1) is 13.6. The van der Waals surface area contributed by atoms with Gasteiger partial charge in [0.2, 0.25) is 6.23 Å². The summed E-state index contributed by atoms with van der Waals surface area (Å²) in [6.07, 6.45) is 0.0436. The van der Waals surface area contributed by atoms with Crippen molar-refractivity contribution in [2.24, 2.45) is 5.10 Å². The molecule has 140 valence electrons. The maximum atomic E-state index is 13.9. The van der Waals surface area contributed by atoms with Crippen LogP contribution in [0.5, 0.6) is 5.75 Å². The van der Waals surface area contributed by atoms with Crippen LogP contribution in [0, 0.1) is 11.6 Å². The molecular formula is C22H15ClF2N2O. The zero-order valence-corrected chi connectivity index (χ0v) is 15.4. The van der Waals surface area contributed by atoms with Gasteiger partial charge in [-0.1, -0.05) is 48.0 Å². The molecule has 2 aliphatic heterocycles. The van der Waals surface area contributed by atoms with E-state index in [-0.39, 0.29) is 6.04 Å². The van der Waals surface area contributed by atoms with Gasteiger partial charge in [0.25, 0.3) is 0 Å². The molecule has 0 radical (unpaired) electrons. The zero-order chi connectivity index (χ0) is 19.3. The zero-order valence-electron chi connectivity index (χ0n) is 14.6.